The second-order valence-corrected chi connectivity index (χ2v) is 5.77. The molecule has 118 valence electrons. The molecule has 0 heterocycles. The highest BCUT2D eigenvalue weighted by Gasteiger charge is 2.06. The van der Waals surface area contributed by atoms with Crippen LogP contribution in [0.5, 0.6) is 5.75 Å². The van der Waals surface area contributed by atoms with Gasteiger partial charge in [0.05, 0.1) is 6.61 Å². The van der Waals surface area contributed by atoms with Gasteiger partial charge in [-0.3, -0.25) is 0 Å². The Labute approximate surface area is 133 Å². The molecule has 2 aromatic carbocycles. The van der Waals surface area contributed by atoms with Crippen molar-refractivity contribution >= 4 is 0 Å². The summed E-state index contributed by atoms with van der Waals surface area (Å²) < 4.78 is 19.7. The van der Waals surface area contributed by atoms with Gasteiger partial charge in [0, 0.05) is 0 Å². The first kappa shape index (κ1) is 16.5. The van der Waals surface area contributed by atoms with Crippen LogP contribution in [0, 0.1) is 12.7 Å². The number of hydrogen-bond acceptors (Lipinski definition) is 1. The second-order valence-electron chi connectivity index (χ2n) is 5.77. The molecule has 22 heavy (non-hydrogen) atoms. The van der Waals surface area contributed by atoms with Crippen LogP contribution in [0.4, 0.5) is 4.39 Å². The first-order valence-electron chi connectivity index (χ1n) is 8.20. The summed E-state index contributed by atoms with van der Waals surface area (Å²) in [6, 6.07) is 13.3. The minimum atomic E-state index is -0.286. The van der Waals surface area contributed by atoms with E-state index in [4.69, 9.17) is 4.74 Å². The van der Waals surface area contributed by atoms with E-state index in [0.717, 1.165) is 24.0 Å². The van der Waals surface area contributed by atoms with Gasteiger partial charge in [0.15, 0.2) is 11.6 Å². The van der Waals surface area contributed by atoms with Crippen molar-refractivity contribution in [1.29, 1.82) is 0 Å². The molecule has 2 aromatic rings. The Morgan fingerprint density at radius 2 is 1.55 bits per heavy atom. The van der Waals surface area contributed by atoms with Gasteiger partial charge < -0.3 is 4.74 Å². The van der Waals surface area contributed by atoms with Crippen LogP contribution in [0.15, 0.2) is 42.5 Å². The summed E-state index contributed by atoms with van der Waals surface area (Å²) in [7, 11) is 0. The smallest absolute Gasteiger partial charge is 0.165 e. The summed E-state index contributed by atoms with van der Waals surface area (Å²) in [5.41, 5.74) is 3.11. The highest BCUT2D eigenvalue weighted by atomic mass is 19.1. The van der Waals surface area contributed by atoms with Gasteiger partial charge in [-0.25, -0.2) is 4.39 Å². The SMILES string of the molecule is CCCCCCCOc1ccc(-c2ccc(C)cc2)cc1F. The topological polar surface area (TPSA) is 9.23 Å². The highest BCUT2D eigenvalue weighted by molar-refractivity contribution is 5.64. The Balaban J connectivity index is 1.91. The third-order valence-electron chi connectivity index (χ3n) is 3.82. The van der Waals surface area contributed by atoms with E-state index in [1.807, 2.05) is 37.3 Å². The van der Waals surface area contributed by atoms with Crippen molar-refractivity contribution in [2.75, 3.05) is 6.61 Å². The van der Waals surface area contributed by atoms with Gasteiger partial charge in [0.25, 0.3) is 0 Å². The monoisotopic (exact) mass is 300 g/mol. The zero-order valence-electron chi connectivity index (χ0n) is 13.6. The first-order chi connectivity index (χ1) is 10.7. The van der Waals surface area contributed by atoms with Crippen molar-refractivity contribution in [3.63, 3.8) is 0 Å². The normalized spacial score (nSPS) is 10.7. The quantitative estimate of drug-likeness (QED) is 0.531. The summed E-state index contributed by atoms with van der Waals surface area (Å²) in [5.74, 6) is 0.0676. The molecule has 0 aliphatic heterocycles. The lowest BCUT2D eigenvalue weighted by Gasteiger charge is -2.09. The number of unbranched alkanes of at least 4 members (excludes halogenated alkanes) is 4. The van der Waals surface area contributed by atoms with Crippen molar-refractivity contribution in [3.05, 3.63) is 53.8 Å². The van der Waals surface area contributed by atoms with Crippen LogP contribution in [0.3, 0.4) is 0 Å². The molecule has 0 atom stereocenters. The third kappa shape index (κ3) is 4.87. The van der Waals surface area contributed by atoms with E-state index in [2.05, 4.69) is 6.92 Å². The van der Waals surface area contributed by atoms with E-state index in [0.29, 0.717) is 12.4 Å². The molecule has 0 fully saturated rings. The largest absolute Gasteiger partial charge is 0.491 e. The van der Waals surface area contributed by atoms with Gasteiger partial charge in [0.1, 0.15) is 0 Å². The summed E-state index contributed by atoms with van der Waals surface area (Å²) >= 11 is 0. The van der Waals surface area contributed by atoms with Gasteiger partial charge in [-0.1, -0.05) is 68.5 Å². The molecule has 0 spiro atoms. The van der Waals surface area contributed by atoms with Crippen molar-refractivity contribution in [3.8, 4) is 16.9 Å². The van der Waals surface area contributed by atoms with E-state index in [-0.39, 0.29) is 5.82 Å². The lowest BCUT2D eigenvalue weighted by molar-refractivity contribution is 0.290. The summed E-state index contributed by atoms with van der Waals surface area (Å²) in [6.45, 7) is 4.83. The van der Waals surface area contributed by atoms with Crippen LogP contribution in [0.1, 0.15) is 44.6 Å². The minimum absolute atomic E-state index is 0.286. The standard InChI is InChI=1S/C20H25FO/c1-3-4-5-6-7-14-22-20-13-12-18(15-19(20)21)17-10-8-16(2)9-11-17/h8-13,15H,3-7,14H2,1-2H3. The van der Waals surface area contributed by atoms with Crippen LogP contribution in [0.2, 0.25) is 0 Å². The summed E-state index contributed by atoms with van der Waals surface area (Å²) in [4.78, 5) is 0. The molecule has 0 N–H and O–H groups in total. The van der Waals surface area contributed by atoms with Crippen LogP contribution in [-0.4, -0.2) is 6.61 Å². The zero-order valence-corrected chi connectivity index (χ0v) is 13.6. The van der Waals surface area contributed by atoms with Crippen molar-refractivity contribution in [1.82, 2.24) is 0 Å². The van der Waals surface area contributed by atoms with Crippen LogP contribution in [-0.2, 0) is 0 Å². The van der Waals surface area contributed by atoms with E-state index in [9.17, 15) is 4.39 Å². The maximum Gasteiger partial charge on any atom is 0.165 e. The van der Waals surface area contributed by atoms with Gasteiger partial charge in [-0.05, 0) is 36.6 Å². The highest BCUT2D eigenvalue weighted by Crippen LogP contribution is 2.26. The van der Waals surface area contributed by atoms with Crippen molar-refractivity contribution in [2.24, 2.45) is 0 Å². The molecule has 0 aliphatic carbocycles. The average molecular weight is 300 g/mol. The summed E-state index contributed by atoms with van der Waals surface area (Å²) in [6.07, 6.45) is 5.86. The fraction of sp³-hybridized carbons (Fsp3) is 0.400. The Kier molecular flexibility index (Phi) is 6.45. The molecule has 0 aliphatic rings. The molecular weight excluding hydrogens is 275 g/mol. The third-order valence-corrected chi connectivity index (χ3v) is 3.82. The lowest BCUT2D eigenvalue weighted by atomic mass is 10.0. The molecule has 1 nitrogen and oxygen atoms in total. The van der Waals surface area contributed by atoms with Crippen molar-refractivity contribution < 1.29 is 9.13 Å². The van der Waals surface area contributed by atoms with Crippen LogP contribution >= 0.6 is 0 Å². The molecule has 0 amide bonds. The lowest BCUT2D eigenvalue weighted by Crippen LogP contribution is -1.99. The fourth-order valence-corrected chi connectivity index (χ4v) is 2.43. The Morgan fingerprint density at radius 3 is 2.23 bits per heavy atom. The van der Waals surface area contributed by atoms with Gasteiger partial charge >= 0.3 is 0 Å². The molecular formula is C20H25FO. The molecule has 2 heteroatoms. The van der Waals surface area contributed by atoms with Crippen molar-refractivity contribution in [2.45, 2.75) is 46.0 Å². The molecule has 0 radical (unpaired) electrons. The zero-order chi connectivity index (χ0) is 15.8. The van der Waals surface area contributed by atoms with Crippen LogP contribution < -0.4 is 4.74 Å². The molecule has 0 aromatic heterocycles. The molecule has 0 unspecified atom stereocenters. The van der Waals surface area contributed by atoms with Gasteiger partial charge in [0.2, 0.25) is 0 Å². The van der Waals surface area contributed by atoms with E-state index in [1.165, 1.54) is 24.8 Å². The van der Waals surface area contributed by atoms with Crippen LogP contribution in [0.25, 0.3) is 11.1 Å². The summed E-state index contributed by atoms with van der Waals surface area (Å²) in [5, 5.41) is 0. The maximum atomic E-state index is 14.1. The number of ether oxygens (including phenoxy) is 1. The molecule has 2 rings (SSSR count). The molecule has 0 saturated heterocycles. The Hall–Kier alpha value is -1.83. The van der Waals surface area contributed by atoms with Gasteiger partial charge in [-0.2, -0.15) is 0 Å². The average Bonchev–Trinajstić information content (AvgIpc) is 2.53. The Morgan fingerprint density at radius 1 is 0.864 bits per heavy atom. The minimum Gasteiger partial charge on any atom is -0.491 e. The second kappa shape index (κ2) is 8.57. The number of rotatable bonds is 8. The predicted molar refractivity (Wildman–Crippen MR) is 90.8 cm³/mol. The van der Waals surface area contributed by atoms with E-state index >= 15 is 0 Å². The molecule has 0 saturated carbocycles. The predicted octanol–water partition coefficient (Wildman–Crippen LogP) is 6.15. The fourth-order valence-electron chi connectivity index (χ4n) is 2.43. The first-order valence-corrected chi connectivity index (χ1v) is 8.20. The number of halogens is 1. The molecule has 0 bridgehead atoms. The number of hydrogen-bond donors (Lipinski definition) is 0. The van der Waals surface area contributed by atoms with E-state index < -0.39 is 0 Å². The Bertz CT molecular complexity index is 575. The maximum absolute atomic E-state index is 14.1. The van der Waals surface area contributed by atoms with Gasteiger partial charge in [-0.15, -0.1) is 0 Å². The number of benzene rings is 2. The number of aryl methyl sites for hydroxylation is 1. The van der Waals surface area contributed by atoms with E-state index in [1.54, 1.807) is 12.1 Å².